The van der Waals surface area contributed by atoms with Gasteiger partial charge in [0.15, 0.2) is 0 Å². The lowest BCUT2D eigenvalue weighted by Crippen LogP contribution is -2.74. The number of amides is 5. The first-order valence-corrected chi connectivity index (χ1v) is 22.1. The zero-order valence-electron chi connectivity index (χ0n) is 35.8. The van der Waals surface area contributed by atoms with Gasteiger partial charge in [-0.15, -0.1) is 0 Å². The molecule has 326 valence electrons. The van der Waals surface area contributed by atoms with Gasteiger partial charge in [0.2, 0.25) is 17.5 Å². The van der Waals surface area contributed by atoms with Crippen molar-refractivity contribution in [3.05, 3.63) is 92.8 Å². The molecule has 0 spiro atoms. The Morgan fingerprint density at radius 1 is 0.889 bits per heavy atom. The average molecular weight is 874 g/mol. The van der Waals surface area contributed by atoms with Crippen LogP contribution in [0.5, 0.6) is 5.75 Å². The van der Waals surface area contributed by atoms with E-state index in [4.69, 9.17) is 27.9 Å². The molecule has 4 fully saturated rings. The fourth-order valence-electron chi connectivity index (χ4n) is 11.4. The number of carbonyl (C=O) groups excluding carboxylic acids is 5. The van der Waals surface area contributed by atoms with Gasteiger partial charge in [0, 0.05) is 48.8 Å². The molecule has 1 N–H and O–H groups in total. The molecule has 9 rings (SSSR count). The molecule has 6 aliphatic rings. The van der Waals surface area contributed by atoms with Gasteiger partial charge in [0.1, 0.15) is 29.4 Å². The van der Waals surface area contributed by atoms with Crippen molar-refractivity contribution in [2.45, 2.75) is 91.0 Å². The molecular formula is C48H49ClFN7O6. The third-order valence-corrected chi connectivity index (χ3v) is 14.4. The number of halogens is 2. The molecule has 5 amide bonds. The van der Waals surface area contributed by atoms with Gasteiger partial charge in [0.05, 0.1) is 46.2 Å². The summed E-state index contributed by atoms with van der Waals surface area (Å²) < 4.78 is 22.0. The van der Waals surface area contributed by atoms with Crippen molar-refractivity contribution in [2.24, 2.45) is 22.7 Å². The maximum Gasteiger partial charge on any atom is 0.262 e. The number of pyridine rings is 1. The Balaban J connectivity index is 0.757. The van der Waals surface area contributed by atoms with Crippen LogP contribution in [-0.4, -0.2) is 100 Å². The minimum atomic E-state index is -1.10. The van der Waals surface area contributed by atoms with Crippen LogP contribution in [-0.2, 0) is 16.1 Å². The van der Waals surface area contributed by atoms with Crippen LogP contribution in [0.25, 0.3) is 4.85 Å². The van der Waals surface area contributed by atoms with Crippen LogP contribution in [0.2, 0.25) is 5.02 Å². The lowest BCUT2D eigenvalue weighted by molar-refractivity contribution is -0.199. The predicted molar refractivity (Wildman–Crippen MR) is 232 cm³/mol. The highest BCUT2D eigenvalue weighted by atomic mass is 35.5. The van der Waals surface area contributed by atoms with Gasteiger partial charge in [-0.3, -0.25) is 34.2 Å². The number of aromatic nitrogens is 1. The van der Waals surface area contributed by atoms with E-state index in [2.05, 4.69) is 54.6 Å². The number of carbonyl (C=O) groups is 5. The minimum Gasteiger partial charge on any atom is -0.489 e. The summed E-state index contributed by atoms with van der Waals surface area (Å²) >= 11 is 6.30. The molecule has 2 aromatic carbocycles. The molecule has 6 heterocycles. The van der Waals surface area contributed by atoms with E-state index in [-0.39, 0.29) is 64.5 Å². The third-order valence-electron chi connectivity index (χ3n) is 14.1. The molecular weight excluding hydrogens is 825 g/mol. The van der Waals surface area contributed by atoms with Gasteiger partial charge in [-0.05, 0) is 93.4 Å². The average Bonchev–Trinajstić information content (AvgIpc) is 3.68. The van der Waals surface area contributed by atoms with Gasteiger partial charge < -0.3 is 19.4 Å². The van der Waals surface area contributed by atoms with E-state index in [1.165, 1.54) is 6.07 Å². The summed E-state index contributed by atoms with van der Waals surface area (Å²) in [5.74, 6) is 4.91. The second-order valence-electron chi connectivity index (χ2n) is 19.0. The van der Waals surface area contributed by atoms with Crippen molar-refractivity contribution < 1.29 is 33.1 Å². The number of likely N-dealkylation sites (tertiary alicyclic amines) is 1. The maximum absolute atomic E-state index is 15.5. The summed E-state index contributed by atoms with van der Waals surface area (Å²) in [7, 11) is 0. The molecule has 0 radical (unpaired) electrons. The molecule has 63 heavy (non-hydrogen) atoms. The van der Waals surface area contributed by atoms with Crippen molar-refractivity contribution >= 4 is 52.5 Å². The standard InChI is InChI=1S/C48H49ClFN7O6/c1-47(2)45(48(3,4)46(47)63-30-9-11-36(51-5)34(49)22-30)56-26-37-31(42(56)60)10-8-29(52-37)7-6-27-14-18-54(19-15-27)25-28-16-20-55(21-17-28)39-24-33-32(23-35(39)50)43(61)57(44(33)62)38-12-13-40(58)53-41(38)59/h8-11,22-24,27-28,38,45-46H,12-21,25-26H2,1-4H3,(H,53,58,59). The monoisotopic (exact) mass is 873 g/mol. The number of hydrogen-bond donors (Lipinski definition) is 1. The Hall–Kier alpha value is -5.83. The van der Waals surface area contributed by atoms with Crippen LogP contribution in [0.4, 0.5) is 15.8 Å². The number of rotatable bonds is 7. The topological polar surface area (TPSA) is 137 Å². The highest BCUT2D eigenvalue weighted by molar-refractivity contribution is 6.33. The van der Waals surface area contributed by atoms with Crippen molar-refractivity contribution in [1.82, 2.24) is 25.0 Å². The lowest BCUT2D eigenvalue weighted by atomic mass is 9.49. The van der Waals surface area contributed by atoms with Gasteiger partial charge in [-0.1, -0.05) is 51.3 Å². The van der Waals surface area contributed by atoms with E-state index in [0.29, 0.717) is 53.3 Å². The third kappa shape index (κ3) is 7.51. The smallest absolute Gasteiger partial charge is 0.262 e. The first-order valence-electron chi connectivity index (χ1n) is 21.7. The van der Waals surface area contributed by atoms with Crippen molar-refractivity contribution in [2.75, 3.05) is 37.6 Å². The molecule has 1 atom stereocenters. The zero-order valence-corrected chi connectivity index (χ0v) is 36.6. The number of ether oxygens (including phenoxy) is 1. The molecule has 1 aliphatic carbocycles. The first kappa shape index (κ1) is 42.5. The van der Waals surface area contributed by atoms with Crippen LogP contribution in [0.15, 0.2) is 42.5 Å². The largest absolute Gasteiger partial charge is 0.489 e. The van der Waals surface area contributed by atoms with E-state index < -0.39 is 35.5 Å². The maximum atomic E-state index is 15.5. The fraction of sp³-hybridized carbons (Fsp3) is 0.479. The Labute approximate surface area is 371 Å². The molecule has 1 aromatic heterocycles. The van der Waals surface area contributed by atoms with Gasteiger partial charge in [0.25, 0.3) is 17.7 Å². The van der Waals surface area contributed by atoms with Gasteiger partial charge in [-0.2, -0.15) is 0 Å². The Morgan fingerprint density at radius 3 is 2.25 bits per heavy atom. The summed E-state index contributed by atoms with van der Waals surface area (Å²) in [6.45, 7) is 20.2. The molecule has 1 saturated carbocycles. The minimum absolute atomic E-state index is 0.0163. The second kappa shape index (κ2) is 16.1. The van der Waals surface area contributed by atoms with Crippen molar-refractivity contribution in [3.8, 4) is 17.6 Å². The number of anilines is 1. The molecule has 1 unspecified atom stereocenters. The van der Waals surface area contributed by atoms with E-state index in [0.717, 1.165) is 62.0 Å². The van der Waals surface area contributed by atoms with Crippen molar-refractivity contribution in [3.63, 3.8) is 0 Å². The summed E-state index contributed by atoms with van der Waals surface area (Å²) in [5, 5.41) is 2.53. The number of hydrogen-bond acceptors (Lipinski definition) is 9. The first-order chi connectivity index (χ1) is 30.0. The number of fused-ring (bicyclic) bond motifs is 2. The summed E-state index contributed by atoms with van der Waals surface area (Å²) in [4.78, 5) is 79.9. The Kier molecular flexibility index (Phi) is 10.8. The summed E-state index contributed by atoms with van der Waals surface area (Å²) in [6.07, 6.45) is 3.45. The highest BCUT2D eigenvalue weighted by Crippen LogP contribution is 2.59. The van der Waals surface area contributed by atoms with E-state index in [1.54, 1.807) is 18.2 Å². The highest BCUT2D eigenvalue weighted by Gasteiger charge is 2.67. The lowest BCUT2D eigenvalue weighted by Gasteiger charge is -2.65. The predicted octanol–water partition coefficient (Wildman–Crippen LogP) is 6.64. The van der Waals surface area contributed by atoms with Crippen molar-refractivity contribution in [1.29, 1.82) is 0 Å². The Bertz CT molecular complexity index is 2550. The van der Waals surface area contributed by atoms with Crippen LogP contribution < -0.4 is 15.0 Å². The van der Waals surface area contributed by atoms with Crippen LogP contribution in [0.1, 0.15) is 109 Å². The molecule has 5 aliphatic heterocycles. The summed E-state index contributed by atoms with van der Waals surface area (Å²) in [5.41, 5.74) is 1.93. The van der Waals surface area contributed by atoms with E-state index >= 15 is 4.39 Å². The van der Waals surface area contributed by atoms with E-state index in [1.807, 2.05) is 21.9 Å². The number of piperidine rings is 3. The molecule has 13 nitrogen and oxygen atoms in total. The zero-order chi connectivity index (χ0) is 44.5. The van der Waals surface area contributed by atoms with Gasteiger partial charge in [-0.25, -0.2) is 14.2 Å². The summed E-state index contributed by atoms with van der Waals surface area (Å²) in [6, 6.07) is 10.1. The molecule has 3 aromatic rings. The van der Waals surface area contributed by atoms with Gasteiger partial charge >= 0.3 is 0 Å². The molecule has 15 heteroatoms. The van der Waals surface area contributed by atoms with Crippen LogP contribution in [0, 0.1) is 46.9 Å². The fourth-order valence-corrected chi connectivity index (χ4v) is 11.6. The molecule has 0 bridgehead atoms. The quantitative estimate of drug-likeness (QED) is 0.157. The number of benzene rings is 2. The molecule has 3 saturated heterocycles. The van der Waals surface area contributed by atoms with Crippen LogP contribution >= 0.6 is 11.6 Å². The number of nitrogens with one attached hydrogen (secondary N) is 1. The normalized spacial score (nSPS) is 24.6. The number of nitrogens with zero attached hydrogens (tertiary/aromatic N) is 6. The van der Waals surface area contributed by atoms with E-state index in [9.17, 15) is 24.0 Å². The number of imide groups is 2. The Morgan fingerprint density at radius 2 is 1.59 bits per heavy atom. The SMILES string of the molecule is [C-]#[N+]c1ccc(OC2C(C)(C)C(N3Cc4nc(C#CC5CCN(CC6CCN(c7cc8c(cc7F)C(=O)N(C7CCC(=O)NC7=O)C8=O)CC6)CC5)ccc4C3=O)C2(C)C)cc1Cl. The van der Waals surface area contributed by atoms with Crippen LogP contribution in [0.3, 0.4) is 0 Å². The second-order valence-corrected chi connectivity index (χ2v) is 19.4.